The van der Waals surface area contributed by atoms with Gasteiger partial charge in [0.1, 0.15) is 0 Å². The molecule has 2 fully saturated rings. The molecule has 1 aromatic carbocycles. The molecule has 1 saturated carbocycles. The predicted octanol–water partition coefficient (Wildman–Crippen LogP) is 4.19. The fraction of sp³-hybridized carbons (Fsp3) is 0.611. The van der Waals surface area contributed by atoms with Crippen LogP contribution in [0.5, 0.6) is 0 Å². The lowest BCUT2D eigenvalue weighted by Gasteiger charge is -2.32. The lowest BCUT2D eigenvalue weighted by molar-refractivity contribution is -0.117. The Morgan fingerprint density at radius 2 is 2.10 bits per heavy atom. The number of amides is 1. The normalized spacial score (nSPS) is 26.1. The van der Waals surface area contributed by atoms with E-state index in [9.17, 15) is 4.79 Å². The van der Waals surface area contributed by atoms with Crippen LogP contribution in [-0.2, 0) is 4.79 Å². The Bertz CT molecular complexity index is 500. The van der Waals surface area contributed by atoms with E-state index in [0.717, 1.165) is 30.3 Å². The summed E-state index contributed by atoms with van der Waals surface area (Å²) in [6.07, 6.45) is 8.25. The number of nitrogens with zero attached hydrogens (tertiary/aromatic N) is 1. The molecule has 2 unspecified atom stereocenters. The summed E-state index contributed by atoms with van der Waals surface area (Å²) in [5.41, 5.74) is 2.21. The second-order valence-electron chi connectivity index (χ2n) is 6.40. The zero-order valence-corrected chi connectivity index (χ0v) is 13.0. The summed E-state index contributed by atoms with van der Waals surface area (Å²) in [5.74, 6) is 1.05. The lowest BCUT2D eigenvalue weighted by atomic mass is 9.83. The van der Waals surface area contributed by atoms with Crippen LogP contribution in [0.2, 0.25) is 0 Å². The van der Waals surface area contributed by atoms with E-state index in [4.69, 9.17) is 0 Å². The molecule has 1 saturated heterocycles. The second-order valence-corrected chi connectivity index (χ2v) is 6.40. The number of anilines is 2. The van der Waals surface area contributed by atoms with Crippen molar-refractivity contribution in [1.29, 1.82) is 0 Å². The Kier molecular flexibility index (Phi) is 4.47. The van der Waals surface area contributed by atoms with Gasteiger partial charge in [0.2, 0.25) is 5.91 Å². The molecule has 3 nitrogen and oxygen atoms in total. The number of nitrogens with one attached hydrogen (secondary N) is 1. The van der Waals surface area contributed by atoms with Crippen LogP contribution in [0, 0.1) is 5.92 Å². The second kappa shape index (κ2) is 6.50. The molecule has 21 heavy (non-hydrogen) atoms. The first-order valence-corrected chi connectivity index (χ1v) is 8.45. The van der Waals surface area contributed by atoms with E-state index in [0.29, 0.717) is 12.5 Å². The van der Waals surface area contributed by atoms with Crippen molar-refractivity contribution in [3.63, 3.8) is 0 Å². The van der Waals surface area contributed by atoms with Gasteiger partial charge >= 0.3 is 0 Å². The fourth-order valence-corrected chi connectivity index (χ4v) is 3.79. The van der Waals surface area contributed by atoms with Gasteiger partial charge in [0, 0.05) is 30.4 Å². The van der Waals surface area contributed by atoms with Crippen LogP contribution in [0.3, 0.4) is 0 Å². The van der Waals surface area contributed by atoms with Gasteiger partial charge in [0.05, 0.1) is 0 Å². The third-order valence-corrected chi connectivity index (χ3v) is 5.02. The molecule has 2 aliphatic rings. The monoisotopic (exact) mass is 286 g/mol. The van der Waals surface area contributed by atoms with Gasteiger partial charge in [-0.2, -0.15) is 0 Å². The first kappa shape index (κ1) is 14.4. The Balaban J connectivity index is 1.72. The van der Waals surface area contributed by atoms with E-state index in [1.165, 1.54) is 32.1 Å². The highest BCUT2D eigenvalue weighted by atomic mass is 16.2. The third-order valence-electron chi connectivity index (χ3n) is 5.02. The molecule has 114 valence electrons. The molecule has 1 amide bonds. The lowest BCUT2D eigenvalue weighted by Crippen LogP contribution is -2.32. The van der Waals surface area contributed by atoms with Crippen molar-refractivity contribution in [2.75, 3.05) is 16.8 Å². The van der Waals surface area contributed by atoms with Crippen LogP contribution in [-0.4, -0.2) is 18.5 Å². The molecule has 1 aliphatic carbocycles. The Hall–Kier alpha value is -1.51. The third kappa shape index (κ3) is 3.22. The van der Waals surface area contributed by atoms with Gasteiger partial charge in [-0.25, -0.2) is 0 Å². The molecule has 1 N–H and O–H groups in total. The highest BCUT2D eigenvalue weighted by molar-refractivity contribution is 5.95. The highest BCUT2D eigenvalue weighted by Crippen LogP contribution is 2.31. The van der Waals surface area contributed by atoms with E-state index in [1.807, 2.05) is 11.0 Å². The largest absolute Gasteiger partial charge is 0.382 e. The predicted molar refractivity (Wildman–Crippen MR) is 87.7 cm³/mol. The van der Waals surface area contributed by atoms with Gasteiger partial charge in [-0.3, -0.25) is 4.79 Å². The van der Waals surface area contributed by atoms with Gasteiger partial charge in [-0.1, -0.05) is 32.3 Å². The average molecular weight is 286 g/mol. The maximum Gasteiger partial charge on any atom is 0.227 e. The number of carbonyl (C=O) groups is 1. The van der Waals surface area contributed by atoms with Gasteiger partial charge < -0.3 is 10.2 Å². The number of hydrogen-bond donors (Lipinski definition) is 1. The van der Waals surface area contributed by atoms with Gasteiger partial charge in [-0.05, 0) is 43.4 Å². The summed E-state index contributed by atoms with van der Waals surface area (Å²) >= 11 is 0. The molecular formula is C18H26N2O. The van der Waals surface area contributed by atoms with Gasteiger partial charge in [0.25, 0.3) is 0 Å². The van der Waals surface area contributed by atoms with E-state index >= 15 is 0 Å². The smallest absolute Gasteiger partial charge is 0.227 e. The fourth-order valence-electron chi connectivity index (χ4n) is 3.79. The Labute approximate surface area is 127 Å². The van der Waals surface area contributed by atoms with Crippen LogP contribution in [0.1, 0.15) is 51.9 Å². The summed E-state index contributed by atoms with van der Waals surface area (Å²) in [4.78, 5) is 13.8. The summed E-state index contributed by atoms with van der Waals surface area (Å²) in [6, 6.07) is 8.98. The first-order chi connectivity index (χ1) is 10.3. The van der Waals surface area contributed by atoms with Gasteiger partial charge in [-0.15, -0.1) is 0 Å². The van der Waals surface area contributed by atoms with Crippen LogP contribution in [0.25, 0.3) is 0 Å². The number of carbonyl (C=O) groups excluding carboxylic acids is 1. The van der Waals surface area contributed by atoms with Crippen LogP contribution < -0.4 is 10.2 Å². The van der Waals surface area contributed by atoms with E-state index in [2.05, 4.69) is 30.4 Å². The van der Waals surface area contributed by atoms with Crippen molar-refractivity contribution in [3.05, 3.63) is 24.3 Å². The van der Waals surface area contributed by atoms with Crippen LogP contribution >= 0.6 is 0 Å². The Morgan fingerprint density at radius 1 is 1.24 bits per heavy atom. The zero-order chi connectivity index (χ0) is 14.7. The minimum absolute atomic E-state index is 0.260. The van der Waals surface area contributed by atoms with Crippen molar-refractivity contribution in [3.8, 4) is 0 Å². The van der Waals surface area contributed by atoms with Crippen LogP contribution in [0.4, 0.5) is 11.4 Å². The Morgan fingerprint density at radius 3 is 2.86 bits per heavy atom. The molecule has 3 rings (SSSR count). The molecule has 0 bridgehead atoms. The molecule has 3 heteroatoms. The SMILES string of the molecule is CCC1CCCCC1Nc1cccc(N2CCCC2=O)c1. The van der Waals surface area contributed by atoms with Crippen molar-refractivity contribution >= 4 is 17.3 Å². The van der Waals surface area contributed by atoms with Crippen molar-refractivity contribution in [2.45, 2.75) is 57.9 Å². The molecule has 0 aromatic heterocycles. The summed E-state index contributed by atoms with van der Waals surface area (Å²) in [7, 11) is 0. The number of benzene rings is 1. The zero-order valence-electron chi connectivity index (χ0n) is 13.0. The number of rotatable bonds is 4. The maximum absolute atomic E-state index is 11.9. The van der Waals surface area contributed by atoms with E-state index in [1.54, 1.807) is 0 Å². The minimum Gasteiger partial charge on any atom is -0.382 e. The molecule has 1 aromatic rings. The standard InChI is InChI=1S/C18H26N2O/c1-2-14-7-3-4-10-17(14)19-15-8-5-9-16(13-15)20-12-6-11-18(20)21/h5,8-9,13-14,17,19H,2-4,6-7,10-12H2,1H3. The molecule has 1 heterocycles. The molecular weight excluding hydrogens is 260 g/mol. The van der Waals surface area contributed by atoms with Crippen molar-refractivity contribution in [1.82, 2.24) is 0 Å². The molecule has 1 aliphatic heterocycles. The van der Waals surface area contributed by atoms with Crippen LogP contribution in [0.15, 0.2) is 24.3 Å². The topological polar surface area (TPSA) is 32.3 Å². The minimum atomic E-state index is 0.260. The average Bonchev–Trinajstić information content (AvgIpc) is 2.94. The molecule has 0 spiro atoms. The van der Waals surface area contributed by atoms with E-state index < -0.39 is 0 Å². The first-order valence-electron chi connectivity index (χ1n) is 8.45. The summed E-state index contributed by atoms with van der Waals surface area (Å²) in [6.45, 7) is 3.16. The van der Waals surface area contributed by atoms with Gasteiger partial charge in [0.15, 0.2) is 0 Å². The molecule has 0 radical (unpaired) electrons. The highest BCUT2D eigenvalue weighted by Gasteiger charge is 2.24. The maximum atomic E-state index is 11.9. The van der Waals surface area contributed by atoms with Crippen molar-refractivity contribution < 1.29 is 4.79 Å². The quantitative estimate of drug-likeness (QED) is 0.900. The summed E-state index contributed by atoms with van der Waals surface area (Å²) in [5, 5.41) is 3.72. The molecule has 2 atom stereocenters. The van der Waals surface area contributed by atoms with E-state index in [-0.39, 0.29) is 5.91 Å². The summed E-state index contributed by atoms with van der Waals surface area (Å²) < 4.78 is 0. The van der Waals surface area contributed by atoms with Crippen molar-refractivity contribution in [2.24, 2.45) is 5.92 Å². The number of hydrogen-bond acceptors (Lipinski definition) is 2.